The number of methoxy groups -OCH3 is 1. The first-order valence-corrected chi connectivity index (χ1v) is 7.64. The topological polar surface area (TPSA) is 58.6 Å². The monoisotopic (exact) mass is 293 g/mol. The van der Waals surface area contributed by atoms with Crippen LogP contribution in [0.1, 0.15) is 45.1 Å². The first kappa shape index (κ1) is 17.5. The number of ether oxygens (including phenoxy) is 1. The maximum absolute atomic E-state index is 12.0. The lowest BCUT2D eigenvalue weighted by Gasteiger charge is -2.33. The van der Waals surface area contributed by atoms with E-state index in [2.05, 4.69) is 25.2 Å². The van der Waals surface area contributed by atoms with Crippen LogP contribution in [0, 0.1) is 0 Å². The van der Waals surface area contributed by atoms with Crippen molar-refractivity contribution < 1.29 is 14.6 Å². The highest BCUT2D eigenvalue weighted by molar-refractivity contribution is 5.76. The first-order valence-electron chi connectivity index (χ1n) is 7.64. The molecule has 0 aliphatic heterocycles. The van der Waals surface area contributed by atoms with Crippen LogP contribution in [0.5, 0.6) is 5.75 Å². The Labute approximate surface area is 127 Å². The van der Waals surface area contributed by atoms with Gasteiger partial charge in [0, 0.05) is 18.6 Å². The molecule has 1 rings (SSSR count). The van der Waals surface area contributed by atoms with Crippen molar-refractivity contribution in [2.45, 2.75) is 51.5 Å². The van der Waals surface area contributed by atoms with Crippen LogP contribution in [0.2, 0.25) is 0 Å². The summed E-state index contributed by atoms with van der Waals surface area (Å²) in [6, 6.07) is 7.96. The normalized spacial score (nSPS) is 11.2. The SMILES string of the molecule is CCC(CC)(Cc1cccc(OC)c1)NC(=O)CCCO. The number of hydrogen-bond acceptors (Lipinski definition) is 3. The number of aliphatic hydroxyl groups excluding tert-OH is 1. The van der Waals surface area contributed by atoms with Crippen molar-refractivity contribution in [2.75, 3.05) is 13.7 Å². The van der Waals surface area contributed by atoms with E-state index < -0.39 is 0 Å². The van der Waals surface area contributed by atoms with Gasteiger partial charge in [-0.05, 0) is 43.4 Å². The zero-order valence-corrected chi connectivity index (χ0v) is 13.3. The lowest BCUT2D eigenvalue weighted by atomic mass is 9.85. The molecule has 21 heavy (non-hydrogen) atoms. The largest absolute Gasteiger partial charge is 0.497 e. The molecule has 0 radical (unpaired) electrons. The summed E-state index contributed by atoms with van der Waals surface area (Å²) in [5, 5.41) is 12.0. The van der Waals surface area contributed by atoms with E-state index in [1.54, 1.807) is 7.11 Å². The number of carbonyl (C=O) groups excluding carboxylic acids is 1. The molecule has 118 valence electrons. The number of amides is 1. The van der Waals surface area contributed by atoms with Gasteiger partial charge in [0.25, 0.3) is 0 Å². The Bertz CT molecular complexity index is 441. The Hall–Kier alpha value is -1.55. The molecule has 0 spiro atoms. The minimum absolute atomic E-state index is 0.00986. The highest BCUT2D eigenvalue weighted by atomic mass is 16.5. The summed E-state index contributed by atoms with van der Waals surface area (Å²) in [5.41, 5.74) is 0.916. The second-order valence-electron chi connectivity index (χ2n) is 5.39. The summed E-state index contributed by atoms with van der Waals surface area (Å²) in [6.45, 7) is 4.24. The third-order valence-electron chi connectivity index (χ3n) is 4.00. The summed E-state index contributed by atoms with van der Waals surface area (Å²) in [6.07, 6.45) is 3.39. The van der Waals surface area contributed by atoms with Gasteiger partial charge in [-0.25, -0.2) is 0 Å². The van der Waals surface area contributed by atoms with Crippen LogP contribution in [0.3, 0.4) is 0 Å². The average Bonchev–Trinajstić information content (AvgIpc) is 2.52. The summed E-state index contributed by atoms with van der Waals surface area (Å²) in [5.74, 6) is 0.843. The molecule has 0 atom stereocenters. The fourth-order valence-electron chi connectivity index (χ4n) is 2.49. The predicted molar refractivity (Wildman–Crippen MR) is 84.5 cm³/mol. The molecular weight excluding hydrogens is 266 g/mol. The fourth-order valence-corrected chi connectivity index (χ4v) is 2.49. The van der Waals surface area contributed by atoms with Gasteiger partial charge >= 0.3 is 0 Å². The van der Waals surface area contributed by atoms with Crippen molar-refractivity contribution in [3.8, 4) is 5.75 Å². The van der Waals surface area contributed by atoms with Crippen LogP contribution < -0.4 is 10.1 Å². The van der Waals surface area contributed by atoms with E-state index in [1.165, 1.54) is 0 Å². The Morgan fingerprint density at radius 3 is 2.62 bits per heavy atom. The van der Waals surface area contributed by atoms with Gasteiger partial charge in [-0.2, -0.15) is 0 Å². The van der Waals surface area contributed by atoms with E-state index in [9.17, 15) is 4.79 Å². The highest BCUT2D eigenvalue weighted by Crippen LogP contribution is 2.24. The van der Waals surface area contributed by atoms with E-state index >= 15 is 0 Å². The van der Waals surface area contributed by atoms with Crippen molar-refractivity contribution in [1.82, 2.24) is 5.32 Å². The minimum atomic E-state index is -0.237. The first-order chi connectivity index (χ1) is 10.1. The van der Waals surface area contributed by atoms with Crippen LogP contribution in [0.4, 0.5) is 0 Å². The Kier molecular flexibility index (Phi) is 7.23. The van der Waals surface area contributed by atoms with Gasteiger partial charge in [0.1, 0.15) is 5.75 Å². The van der Waals surface area contributed by atoms with Gasteiger partial charge in [0.15, 0.2) is 0 Å². The van der Waals surface area contributed by atoms with E-state index in [1.807, 2.05) is 18.2 Å². The Morgan fingerprint density at radius 1 is 1.33 bits per heavy atom. The van der Waals surface area contributed by atoms with Crippen LogP contribution in [0.25, 0.3) is 0 Å². The van der Waals surface area contributed by atoms with Crippen LogP contribution in [-0.4, -0.2) is 30.3 Å². The van der Waals surface area contributed by atoms with Gasteiger partial charge in [-0.15, -0.1) is 0 Å². The summed E-state index contributed by atoms with van der Waals surface area (Å²) in [4.78, 5) is 12.0. The molecular formula is C17H27NO3. The van der Waals surface area contributed by atoms with E-state index in [-0.39, 0.29) is 18.1 Å². The lowest BCUT2D eigenvalue weighted by Crippen LogP contribution is -2.49. The van der Waals surface area contributed by atoms with Crippen LogP contribution in [0.15, 0.2) is 24.3 Å². The van der Waals surface area contributed by atoms with Crippen molar-refractivity contribution in [3.63, 3.8) is 0 Å². The number of nitrogens with one attached hydrogen (secondary N) is 1. The highest BCUT2D eigenvalue weighted by Gasteiger charge is 2.28. The van der Waals surface area contributed by atoms with Gasteiger partial charge in [-0.3, -0.25) is 4.79 Å². The minimum Gasteiger partial charge on any atom is -0.497 e. The molecule has 2 N–H and O–H groups in total. The van der Waals surface area contributed by atoms with Crippen molar-refractivity contribution in [3.05, 3.63) is 29.8 Å². The molecule has 0 aliphatic rings. The molecule has 0 saturated heterocycles. The van der Waals surface area contributed by atoms with Gasteiger partial charge in [-0.1, -0.05) is 26.0 Å². The molecule has 1 aromatic carbocycles. The van der Waals surface area contributed by atoms with E-state index in [0.29, 0.717) is 12.8 Å². The summed E-state index contributed by atoms with van der Waals surface area (Å²) < 4.78 is 5.26. The third kappa shape index (κ3) is 5.38. The van der Waals surface area contributed by atoms with Gasteiger partial charge in [0.2, 0.25) is 5.91 Å². The molecule has 1 aromatic rings. The molecule has 0 saturated carbocycles. The quantitative estimate of drug-likeness (QED) is 0.736. The summed E-state index contributed by atoms with van der Waals surface area (Å²) in [7, 11) is 1.66. The third-order valence-corrected chi connectivity index (χ3v) is 4.00. The number of rotatable bonds is 9. The fraction of sp³-hybridized carbons (Fsp3) is 0.588. The summed E-state index contributed by atoms with van der Waals surface area (Å²) >= 11 is 0. The second kappa shape index (κ2) is 8.67. The maximum atomic E-state index is 12.0. The van der Waals surface area contributed by atoms with Crippen LogP contribution >= 0.6 is 0 Å². The molecule has 0 aromatic heterocycles. The standard InChI is InChI=1S/C17H27NO3/c1-4-17(5-2,18-16(20)10-7-11-19)13-14-8-6-9-15(12-14)21-3/h6,8-9,12,19H,4-5,7,10-11,13H2,1-3H3,(H,18,20). The molecule has 4 nitrogen and oxygen atoms in total. The molecule has 0 heterocycles. The number of benzene rings is 1. The lowest BCUT2D eigenvalue weighted by molar-refractivity contribution is -0.123. The molecule has 0 bridgehead atoms. The average molecular weight is 293 g/mol. The Morgan fingerprint density at radius 2 is 2.05 bits per heavy atom. The van der Waals surface area contributed by atoms with E-state index in [4.69, 9.17) is 9.84 Å². The molecule has 4 heteroatoms. The molecule has 0 unspecified atom stereocenters. The molecule has 1 amide bonds. The van der Waals surface area contributed by atoms with Crippen molar-refractivity contribution in [2.24, 2.45) is 0 Å². The molecule has 0 fully saturated rings. The smallest absolute Gasteiger partial charge is 0.220 e. The zero-order chi connectivity index (χ0) is 15.7. The predicted octanol–water partition coefficient (Wildman–Crippen LogP) is 2.69. The van der Waals surface area contributed by atoms with Gasteiger partial charge < -0.3 is 15.2 Å². The second-order valence-corrected chi connectivity index (χ2v) is 5.39. The Balaban J connectivity index is 2.81. The number of hydrogen-bond donors (Lipinski definition) is 2. The van der Waals surface area contributed by atoms with Gasteiger partial charge in [0.05, 0.1) is 7.11 Å². The molecule has 0 aliphatic carbocycles. The van der Waals surface area contributed by atoms with E-state index in [0.717, 1.165) is 30.6 Å². The van der Waals surface area contributed by atoms with Crippen molar-refractivity contribution in [1.29, 1.82) is 0 Å². The number of carbonyl (C=O) groups is 1. The zero-order valence-electron chi connectivity index (χ0n) is 13.3. The number of aliphatic hydroxyl groups is 1. The van der Waals surface area contributed by atoms with Crippen LogP contribution in [-0.2, 0) is 11.2 Å². The maximum Gasteiger partial charge on any atom is 0.220 e. The van der Waals surface area contributed by atoms with Crippen molar-refractivity contribution >= 4 is 5.91 Å².